The number of carbonyl (C=O) groups is 2. The Kier molecular flexibility index (Phi) is 3.48. The smallest absolute Gasteiger partial charge is 0.248 e. The summed E-state index contributed by atoms with van der Waals surface area (Å²) < 4.78 is 0. The van der Waals surface area contributed by atoms with E-state index >= 15 is 0 Å². The minimum absolute atomic E-state index is 0.0773. The Morgan fingerprint density at radius 2 is 2.00 bits per heavy atom. The summed E-state index contributed by atoms with van der Waals surface area (Å²) in [5.41, 5.74) is 3.05. The van der Waals surface area contributed by atoms with Gasteiger partial charge < -0.3 is 10.2 Å². The van der Waals surface area contributed by atoms with E-state index in [1.165, 1.54) is 0 Å². The van der Waals surface area contributed by atoms with Crippen LogP contribution in [-0.4, -0.2) is 33.4 Å². The van der Waals surface area contributed by atoms with Crippen LogP contribution in [0.2, 0.25) is 0 Å². The molecule has 2 aliphatic heterocycles. The number of benzene rings is 1. The second kappa shape index (κ2) is 5.05. The molecule has 5 heteroatoms. The monoisotopic (exact) mass is 304 g/mol. The molecular formula is C16H20N2O2S. The number of aryl methyl sites for hydroxylation is 2. The fourth-order valence-electron chi connectivity index (χ4n) is 3.29. The number of anilines is 1. The van der Waals surface area contributed by atoms with Gasteiger partial charge in [-0.3, -0.25) is 9.59 Å². The van der Waals surface area contributed by atoms with Gasteiger partial charge in [0.15, 0.2) is 0 Å². The molecule has 21 heavy (non-hydrogen) atoms. The number of thioether (sulfide) groups is 1. The maximum Gasteiger partial charge on any atom is 0.248 e. The van der Waals surface area contributed by atoms with E-state index in [1.54, 1.807) is 16.7 Å². The summed E-state index contributed by atoms with van der Waals surface area (Å²) in [7, 11) is 0. The van der Waals surface area contributed by atoms with Crippen molar-refractivity contribution < 1.29 is 9.59 Å². The van der Waals surface area contributed by atoms with Gasteiger partial charge in [0.1, 0.15) is 6.04 Å². The topological polar surface area (TPSA) is 49.4 Å². The molecule has 4 nitrogen and oxygen atoms in total. The lowest BCUT2D eigenvalue weighted by Gasteiger charge is -2.29. The lowest BCUT2D eigenvalue weighted by Crippen LogP contribution is -2.48. The largest absolute Gasteiger partial charge is 0.324 e. The van der Waals surface area contributed by atoms with Crippen molar-refractivity contribution >= 4 is 29.3 Å². The SMILES string of the molecule is Cc1cc(C)cc(NC(=O)C2CSC3(C)CCC(=O)N23)c1. The van der Waals surface area contributed by atoms with Crippen LogP contribution in [0.15, 0.2) is 18.2 Å². The first-order chi connectivity index (χ1) is 9.89. The van der Waals surface area contributed by atoms with Crippen molar-refractivity contribution in [2.24, 2.45) is 0 Å². The highest BCUT2D eigenvalue weighted by molar-refractivity contribution is 8.01. The van der Waals surface area contributed by atoms with Crippen molar-refractivity contribution in [3.05, 3.63) is 29.3 Å². The van der Waals surface area contributed by atoms with Crippen LogP contribution < -0.4 is 5.32 Å². The first kappa shape index (κ1) is 14.4. The second-order valence-electron chi connectivity index (χ2n) is 6.13. The highest BCUT2D eigenvalue weighted by Gasteiger charge is 2.52. The lowest BCUT2D eigenvalue weighted by molar-refractivity contribution is -0.135. The zero-order valence-corrected chi connectivity index (χ0v) is 13.4. The van der Waals surface area contributed by atoms with E-state index in [4.69, 9.17) is 0 Å². The van der Waals surface area contributed by atoms with Gasteiger partial charge in [-0.1, -0.05) is 6.07 Å². The number of nitrogens with zero attached hydrogens (tertiary/aromatic N) is 1. The second-order valence-corrected chi connectivity index (χ2v) is 7.63. The molecule has 0 saturated carbocycles. The molecule has 112 valence electrons. The van der Waals surface area contributed by atoms with Gasteiger partial charge in [-0.2, -0.15) is 0 Å². The Morgan fingerprint density at radius 3 is 2.67 bits per heavy atom. The number of hydrogen-bond acceptors (Lipinski definition) is 3. The van der Waals surface area contributed by atoms with Gasteiger partial charge in [0, 0.05) is 17.9 Å². The third-order valence-corrected chi connectivity index (χ3v) is 5.74. The van der Waals surface area contributed by atoms with Crippen LogP contribution in [0.3, 0.4) is 0 Å². The lowest BCUT2D eigenvalue weighted by atomic mass is 10.1. The van der Waals surface area contributed by atoms with Crippen LogP contribution in [0.1, 0.15) is 30.9 Å². The first-order valence-corrected chi connectivity index (χ1v) is 8.23. The Labute approximate surface area is 129 Å². The van der Waals surface area contributed by atoms with E-state index in [9.17, 15) is 9.59 Å². The number of carbonyl (C=O) groups excluding carboxylic acids is 2. The van der Waals surface area contributed by atoms with Gasteiger partial charge in [0.05, 0.1) is 4.87 Å². The summed E-state index contributed by atoms with van der Waals surface area (Å²) in [5, 5.41) is 2.97. The number of hydrogen-bond donors (Lipinski definition) is 1. The van der Waals surface area contributed by atoms with Gasteiger partial charge in [0.25, 0.3) is 0 Å². The maximum atomic E-state index is 12.5. The molecule has 0 aliphatic carbocycles. The predicted molar refractivity (Wildman–Crippen MR) is 85.3 cm³/mol. The van der Waals surface area contributed by atoms with E-state index < -0.39 is 0 Å². The Morgan fingerprint density at radius 1 is 1.33 bits per heavy atom. The molecule has 0 spiro atoms. The third kappa shape index (κ3) is 2.55. The molecule has 2 fully saturated rings. The van der Waals surface area contributed by atoms with Crippen molar-refractivity contribution in [1.29, 1.82) is 0 Å². The van der Waals surface area contributed by atoms with E-state index in [-0.39, 0.29) is 22.7 Å². The number of amides is 2. The van der Waals surface area contributed by atoms with Gasteiger partial charge in [-0.25, -0.2) is 0 Å². The molecule has 2 heterocycles. The maximum absolute atomic E-state index is 12.5. The van der Waals surface area contributed by atoms with E-state index in [1.807, 2.05) is 26.0 Å². The van der Waals surface area contributed by atoms with E-state index in [0.29, 0.717) is 12.2 Å². The summed E-state index contributed by atoms with van der Waals surface area (Å²) in [5.74, 6) is 0.702. The van der Waals surface area contributed by atoms with Gasteiger partial charge in [-0.05, 0) is 50.5 Å². The van der Waals surface area contributed by atoms with Crippen molar-refractivity contribution in [3.63, 3.8) is 0 Å². The van der Waals surface area contributed by atoms with Crippen LogP contribution in [0.5, 0.6) is 0 Å². The summed E-state index contributed by atoms with van der Waals surface area (Å²) in [4.78, 5) is 26.2. The molecule has 1 aromatic carbocycles. The summed E-state index contributed by atoms with van der Waals surface area (Å²) >= 11 is 1.72. The van der Waals surface area contributed by atoms with Gasteiger partial charge in [-0.15, -0.1) is 11.8 Å². The Balaban J connectivity index is 1.78. The first-order valence-electron chi connectivity index (χ1n) is 7.24. The molecule has 0 bridgehead atoms. The van der Waals surface area contributed by atoms with Crippen molar-refractivity contribution in [2.45, 2.75) is 44.5 Å². The number of fused-ring (bicyclic) bond motifs is 1. The fraction of sp³-hybridized carbons (Fsp3) is 0.500. The van der Waals surface area contributed by atoms with Crippen molar-refractivity contribution in [1.82, 2.24) is 4.90 Å². The predicted octanol–water partition coefficient (Wildman–Crippen LogP) is 2.70. The molecule has 1 aromatic rings. The minimum atomic E-state index is -0.351. The van der Waals surface area contributed by atoms with Crippen LogP contribution in [0.25, 0.3) is 0 Å². The molecule has 0 radical (unpaired) electrons. The molecular weight excluding hydrogens is 284 g/mol. The average molecular weight is 304 g/mol. The standard InChI is InChI=1S/C16H20N2O2S/c1-10-6-11(2)8-12(7-10)17-15(20)13-9-21-16(3)5-4-14(19)18(13)16/h6-8,13H,4-5,9H2,1-3H3,(H,17,20). The Hall–Kier alpha value is -1.49. The van der Waals surface area contributed by atoms with Crippen LogP contribution in [0, 0.1) is 13.8 Å². The zero-order chi connectivity index (χ0) is 15.2. The summed E-state index contributed by atoms with van der Waals surface area (Å²) in [6, 6.07) is 5.63. The molecule has 2 amide bonds. The summed E-state index contributed by atoms with van der Waals surface area (Å²) in [6.45, 7) is 6.08. The molecule has 2 aliphatic rings. The zero-order valence-electron chi connectivity index (χ0n) is 12.6. The highest BCUT2D eigenvalue weighted by Crippen LogP contribution is 2.47. The average Bonchev–Trinajstić information content (AvgIpc) is 2.86. The normalized spacial score (nSPS) is 27.9. The highest BCUT2D eigenvalue weighted by atomic mass is 32.2. The molecule has 2 atom stereocenters. The molecule has 2 saturated heterocycles. The third-order valence-electron chi connectivity index (χ3n) is 4.24. The van der Waals surface area contributed by atoms with Gasteiger partial charge in [0.2, 0.25) is 11.8 Å². The van der Waals surface area contributed by atoms with E-state index in [2.05, 4.69) is 18.3 Å². The number of nitrogens with one attached hydrogen (secondary N) is 1. The van der Waals surface area contributed by atoms with Crippen molar-refractivity contribution in [3.8, 4) is 0 Å². The fourth-order valence-corrected chi connectivity index (χ4v) is 4.72. The molecule has 2 unspecified atom stereocenters. The quantitative estimate of drug-likeness (QED) is 0.914. The van der Waals surface area contributed by atoms with Gasteiger partial charge >= 0.3 is 0 Å². The van der Waals surface area contributed by atoms with Crippen LogP contribution >= 0.6 is 11.8 Å². The van der Waals surface area contributed by atoms with Crippen molar-refractivity contribution in [2.75, 3.05) is 11.1 Å². The van der Waals surface area contributed by atoms with Crippen LogP contribution in [0.4, 0.5) is 5.69 Å². The molecule has 1 N–H and O–H groups in total. The van der Waals surface area contributed by atoms with E-state index in [0.717, 1.165) is 23.2 Å². The molecule has 0 aromatic heterocycles. The molecule has 3 rings (SSSR count). The Bertz CT molecular complexity index is 596. The minimum Gasteiger partial charge on any atom is -0.324 e. The summed E-state index contributed by atoms with van der Waals surface area (Å²) in [6.07, 6.45) is 1.39. The van der Waals surface area contributed by atoms with Crippen LogP contribution in [-0.2, 0) is 9.59 Å². The number of rotatable bonds is 2.